The number of hydrogen-bond donors (Lipinski definition) is 2. The number of benzene rings is 2. The van der Waals surface area contributed by atoms with Crippen LogP contribution in [-0.4, -0.2) is 24.1 Å². The van der Waals surface area contributed by atoms with Crippen molar-refractivity contribution in [3.63, 3.8) is 0 Å². The van der Waals surface area contributed by atoms with Crippen LogP contribution in [0.3, 0.4) is 0 Å². The van der Waals surface area contributed by atoms with Crippen LogP contribution >= 0.6 is 0 Å². The molecule has 0 bridgehead atoms. The third-order valence-electron chi connectivity index (χ3n) is 4.15. The van der Waals surface area contributed by atoms with Crippen molar-refractivity contribution in [1.29, 1.82) is 0 Å². The van der Waals surface area contributed by atoms with Crippen LogP contribution in [0.2, 0.25) is 0 Å². The highest BCUT2D eigenvalue weighted by Crippen LogP contribution is 2.22. The van der Waals surface area contributed by atoms with Gasteiger partial charge in [-0.2, -0.15) is 5.10 Å². The van der Waals surface area contributed by atoms with E-state index in [1.165, 1.54) is 0 Å². The van der Waals surface area contributed by atoms with Crippen LogP contribution in [0.1, 0.15) is 35.7 Å². The molecule has 0 aliphatic carbocycles. The van der Waals surface area contributed by atoms with E-state index in [9.17, 15) is 9.59 Å². The Morgan fingerprint density at radius 2 is 1.92 bits per heavy atom. The molecule has 1 heterocycles. The van der Waals surface area contributed by atoms with Gasteiger partial charge in [0.2, 0.25) is 5.91 Å². The average molecular weight is 336 g/mol. The van der Waals surface area contributed by atoms with Crippen LogP contribution in [0.15, 0.2) is 53.6 Å². The third-order valence-corrected chi connectivity index (χ3v) is 4.15. The molecule has 6 nitrogen and oxygen atoms in total. The maximum Gasteiger partial charge on any atom is 0.271 e. The highest BCUT2D eigenvalue weighted by molar-refractivity contribution is 6.02. The Kier molecular flexibility index (Phi) is 4.79. The summed E-state index contributed by atoms with van der Waals surface area (Å²) in [4.78, 5) is 25.8. The number of hydrazone groups is 1. The van der Waals surface area contributed by atoms with Gasteiger partial charge in [0.15, 0.2) is 0 Å². The number of hydrogen-bond acceptors (Lipinski definition) is 4. The summed E-state index contributed by atoms with van der Waals surface area (Å²) in [5.41, 5.74) is 11.6. The predicted molar refractivity (Wildman–Crippen MR) is 98.6 cm³/mol. The van der Waals surface area contributed by atoms with Crippen molar-refractivity contribution in [2.75, 3.05) is 17.2 Å². The van der Waals surface area contributed by atoms with Gasteiger partial charge in [0, 0.05) is 29.9 Å². The van der Waals surface area contributed by atoms with Gasteiger partial charge in [-0.15, -0.1) is 0 Å². The summed E-state index contributed by atoms with van der Waals surface area (Å²) in [5, 5.41) is 4.16. The van der Waals surface area contributed by atoms with Crippen LogP contribution in [0, 0.1) is 0 Å². The summed E-state index contributed by atoms with van der Waals surface area (Å²) >= 11 is 0. The normalized spacial score (nSPS) is 14.7. The average Bonchev–Trinajstić information content (AvgIpc) is 3.06. The third kappa shape index (κ3) is 3.85. The molecule has 2 aromatic rings. The second-order valence-corrected chi connectivity index (χ2v) is 5.96. The number of amides is 2. The summed E-state index contributed by atoms with van der Waals surface area (Å²) in [6, 6.07) is 14.2. The Morgan fingerprint density at radius 1 is 1.16 bits per heavy atom. The highest BCUT2D eigenvalue weighted by Gasteiger charge is 2.21. The molecule has 0 aromatic heterocycles. The summed E-state index contributed by atoms with van der Waals surface area (Å²) in [7, 11) is 0. The maximum absolute atomic E-state index is 12.1. The van der Waals surface area contributed by atoms with Crippen molar-refractivity contribution in [3.05, 3.63) is 59.7 Å². The van der Waals surface area contributed by atoms with Crippen molar-refractivity contribution in [3.8, 4) is 0 Å². The lowest BCUT2D eigenvalue weighted by Gasteiger charge is -2.16. The second-order valence-electron chi connectivity index (χ2n) is 5.96. The molecule has 25 heavy (non-hydrogen) atoms. The minimum atomic E-state index is -0.301. The minimum absolute atomic E-state index is 0.142. The van der Waals surface area contributed by atoms with E-state index in [0.29, 0.717) is 23.4 Å². The molecule has 1 saturated heterocycles. The van der Waals surface area contributed by atoms with Crippen LogP contribution in [-0.2, 0) is 4.79 Å². The van der Waals surface area contributed by atoms with E-state index in [-0.39, 0.29) is 11.8 Å². The molecule has 3 N–H and O–H groups in total. The molecule has 1 fully saturated rings. The quantitative estimate of drug-likeness (QED) is 0.511. The standard InChI is InChI=1S/C19H20N4O2/c1-13(21-22-19(25)14-7-9-16(20)10-8-14)15-4-2-5-17(12-15)23-11-3-6-18(23)24/h2,4-5,7-10,12H,3,6,11,20H2,1H3,(H,22,25)/b21-13-. The molecule has 0 saturated carbocycles. The summed E-state index contributed by atoms with van der Waals surface area (Å²) in [6.07, 6.45) is 1.47. The van der Waals surface area contributed by atoms with Gasteiger partial charge in [-0.3, -0.25) is 9.59 Å². The Hall–Kier alpha value is -3.15. The fourth-order valence-electron chi connectivity index (χ4n) is 2.72. The SMILES string of the molecule is C/C(=N/NC(=O)c1ccc(N)cc1)c1cccc(N2CCCC2=O)c1. The Balaban J connectivity index is 1.72. The molecule has 1 aliphatic heterocycles. The number of carbonyl (C=O) groups is 2. The monoisotopic (exact) mass is 336 g/mol. The number of anilines is 2. The summed E-state index contributed by atoms with van der Waals surface area (Å²) < 4.78 is 0. The van der Waals surface area contributed by atoms with Crippen molar-refractivity contribution >= 4 is 28.9 Å². The van der Waals surface area contributed by atoms with E-state index in [1.54, 1.807) is 29.2 Å². The smallest absolute Gasteiger partial charge is 0.271 e. The van der Waals surface area contributed by atoms with Crippen molar-refractivity contribution in [2.24, 2.45) is 5.10 Å². The van der Waals surface area contributed by atoms with E-state index in [4.69, 9.17) is 5.73 Å². The van der Waals surface area contributed by atoms with E-state index in [1.807, 2.05) is 31.2 Å². The molecule has 2 amide bonds. The number of nitrogen functional groups attached to an aromatic ring is 1. The molecule has 128 valence electrons. The zero-order valence-corrected chi connectivity index (χ0v) is 14.0. The number of carbonyl (C=O) groups excluding carboxylic acids is 2. The van der Waals surface area contributed by atoms with Gasteiger partial charge in [-0.05, 0) is 55.3 Å². The molecule has 0 spiro atoms. The van der Waals surface area contributed by atoms with Gasteiger partial charge in [-0.25, -0.2) is 5.43 Å². The molecule has 6 heteroatoms. The van der Waals surface area contributed by atoms with Crippen molar-refractivity contribution in [2.45, 2.75) is 19.8 Å². The number of nitrogens with two attached hydrogens (primary N) is 1. The lowest BCUT2D eigenvalue weighted by Crippen LogP contribution is -2.24. The predicted octanol–water partition coefficient (Wildman–Crippen LogP) is 2.55. The van der Waals surface area contributed by atoms with E-state index in [0.717, 1.165) is 24.2 Å². The fraction of sp³-hybridized carbons (Fsp3) is 0.211. The van der Waals surface area contributed by atoms with Crippen molar-refractivity contribution < 1.29 is 9.59 Å². The van der Waals surface area contributed by atoms with E-state index >= 15 is 0 Å². The highest BCUT2D eigenvalue weighted by atomic mass is 16.2. The number of rotatable bonds is 4. The lowest BCUT2D eigenvalue weighted by atomic mass is 10.1. The van der Waals surface area contributed by atoms with Gasteiger partial charge >= 0.3 is 0 Å². The van der Waals surface area contributed by atoms with Gasteiger partial charge in [0.1, 0.15) is 0 Å². The second kappa shape index (κ2) is 7.17. The molecule has 0 unspecified atom stereocenters. The largest absolute Gasteiger partial charge is 0.399 e. The molecular formula is C19H20N4O2. The molecule has 0 radical (unpaired) electrons. The molecule has 2 aromatic carbocycles. The van der Waals surface area contributed by atoms with Gasteiger partial charge in [0.25, 0.3) is 5.91 Å². The first kappa shape index (κ1) is 16.7. The molecule has 0 atom stereocenters. The molecular weight excluding hydrogens is 316 g/mol. The van der Waals surface area contributed by atoms with E-state index in [2.05, 4.69) is 10.5 Å². The number of nitrogens with one attached hydrogen (secondary N) is 1. The first-order chi connectivity index (χ1) is 12.0. The van der Waals surface area contributed by atoms with Gasteiger partial charge < -0.3 is 10.6 Å². The molecule has 3 rings (SSSR count). The summed E-state index contributed by atoms with van der Waals surface area (Å²) in [6.45, 7) is 2.56. The van der Waals surface area contributed by atoms with Crippen LogP contribution < -0.4 is 16.1 Å². The first-order valence-corrected chi connectivity index (χ1v) is 8.15. The Morgan fingerprint density at radius 3 is 2.60 bits per heavy atom. The topological polar surface area (TPSA) is 87.8 Å². The van der Waals surface area contributed by atoms with Gasteiger partial charge in [0.05, 0.1) is 5.71 Å². The minimum Gasteiger partial charge on any atom is -0.399 e. The van der Waals surface area contributed by atoms with Crippen LogP contribution in [0.25, 0.3) is 0 Å². The van der Waals surface area contributed by atoms with Crippen LogP contribution in [0.4, 0.5) is 11.4 Å². The fourth-order valence-corrected chi connectivity index (χ4v) is 2.72. The number of nitrogens with zero attached hydrogens (tertiary/aromatic N) is 2. The maximum atomic E-state index is 12.1. The Bertz CT molecular complexity index is 828. The molecule has 1 aliphatic rings. The lowest BCUT2D eigenvalue weighted by molar-refractivity contribution is -0.117. The van der Waals surface area contributed by atoms with Crippen molar-refractivity contribution in [1.82, 2.24) is 5.43 Å². The summed E-state index contributed by atoms with van der Waals surface area (Å²) in [5.74, 6) is -0.159. The zero-order valence-electron chi connectivity index (χ0n) is 14.0. The van der Waals surface area contributed by atoms with E-state index < -0.39 is 0 Å². The zero-order chi connectivity index (χ0) is 17.8. The van der Waals surface area contributed by atoms with Crippen LogP contribution in [0.5, 0.6) is 0 Å². The van der Waals surface area contributed by atoms with Gasteiger partial charge in [-0.1, -0.05) is 12.1 Å². The first-order valence-electron chi connectivity index (χ1n) is 8.15. The Labute approximate surface area is 146 Å².